The third-order valence-electron chi connectivity index (χ3n) is 1.35. The predicted octanol–water partition coefficient (Wildman–Crippen LogP) is -1.77. The van der Waals surface area contributed by atoms with Crippen LogP contribution in [0.1, 0.15) is 13.3 Å². The molecule has 0 aliphatic heterocycles. The van der Waals surface area contributed by atoms with Crippen molar-refractivity contribution in [2.45, 2.75) is 19.4 Å². The van der Waals surface area contributed by atoms with Gasteiger partial charge < -0.3 is 10.8 Å². The van der Waals surface area contributed by atoms with Crippen LogP contribution in [0.15, 0.2) is 0 Å². The monoisotopic (exact) mass is 225 g/mol. The first-order valence-corrected chi connectivity index (χ1v) is 5.60. The molecule has 0 unspecified atom stereocenters. The Morgan fingerprint density at radius 1 is 1.50 bits per heavy atom. The zero-order valence-electron chi connectivity index (χ0n) is 7.86. The minimum absolute atomic E-state index is 0.303. The van der Waals surface area contributed by atoms with E-state index in [0.717, 1.165) is 0 Å². The smallest absolute Gasteiger partial charge is 0.321 e. The first-order valence-electron chi connectivity index (χ1n) is 4.11. The lowest BCUT2D eigenvalue weighted by Gasteiger charge is -2.09. The van der Waals surface area contributed by atoms with Gasteiger partial charge >= 0.3 is 5.97 Å². The molecular weight excluding hydrogens is 210 g/mol. The van der Waals surface area contributed by atoms with E-state index in [2.05, 4.69) is 4.72 Å². The van der Waals surface area contributed by atoms with Crippen LogP contribution in [0.3, 0.4) is 0 Å². The van der Waals surface area contributed by atoms with Gasteiger partial charge in [-0.1, -0.05) is 6.92 Å². The van der Waals surface area contributed by atoms with Gasteiger partial charge in [-0.25, -0.2) is 9.44 Å². The van der Waals surface area contributed by atoms with Gasteiger partial charge in [0, 0.05) is 13.1 Å². The maximum atomic E-state index is 11.0. The molecule has 0 radical (unpaired) electrons. The number of hydrogen-bond acceptors (Lipinski definition) is 4. The number of carbonyl (C=O) groups is 1. The predicted molar refractivity (Wildman–Crippen MR) is 50.8 cm³/mol. The summed E-state index contributed by atoms with van der Waals surface area (Å²) in [6.45, 7) is 1.79. The third-order valence-corrected chi connectivity index (χ3v) is 2.48. The van der Waals surface area contributed by atoms with Crippen molar-refractivity contribution in [1.82, 2.24) is 9.44 Å². The highest BCUT2D eigenvalue weighted by Crippen LogP contribution is 1.81. The first-order chi connectivity index (χ1) is 6.39. The third kappa shape index (κ3) is 5.86. The summed E-state index contributed by atoms with van der Waals surface area (Å²) in [4.78, 5) is 10.2. The van der Waals surface area contributed by atoms with Gasteiger partial charge in [0.15, 0.2) is 0 Å². The fourth-order valence-corrected chi connectivity index (χ4v) is 1.55. The lowest BCUT2D eigenvalue weighted by molar-refractivity contribution is -0.138. The summed E-state index contributed by atoms with van der Waals surface area (Å²) >= 11 is 0. The Labute approximate surface area is 82.9 Å². The second-order valence-electron chi connectivity index (χ2n) is 2.69. The van der Waals surface area contributed by atoms with Crippen molar-refractivity contribution >= 4 is 16.2 Å². The number of hydrogen-bond donors (Lipinski definition) is 4. The summed E-state index contributed by atoms with van der Waals surface area (Å²) in [6.07, 6.45) is 0.659. The Morgan fingerprint density at radius 3 is 2.50 bits per heavy atom. The van der Waals surface area contributed by atoms with Crippen LogP contribution in [-0.2, 0) is 15.0 Å². The number of carboxylic acids is 1. The van der Waals surface area contributed by atoms with E-state index < -0.39 is 22.2 Å². The van der Waals surface area contributed by atoms with Crippen molar-refractivity contribution in [1.29, 1.82) is 0 Å². The molecule has 0 heterocycles. The molecule has 5 N–H and O–H groups in total. The van der Waals surface area contributed by atoms with E-state index in [4.69, 9.17) is 10.8 Å². The minimum Gasteiger partial charge on any atom is -0.480 e. The van der Waals surface area contributed by atoms with Crippen LogP contribution in [0.5, 0.6) is 0 Å². The minimum atomic E-state index is -3.62. The van der Waals surface area contributed by atoms with Crippen LogP contribution in [-0.4, -0.2) is 38.6 Å². The maximum absolute atomic E-state index is 11.0. The molecule has 0 rings (SSSR count). The van der Waals surface area contributed by atoms with E-state index >= 15 is 0 Å². The molecule has 0 spiro atoms. The van der Waals surface area contributed by atoms with Crippen LogP contribution in [0.4, 0.5) is 0 Å². The quantitative estimate of drug-likeness (QED) is 0.408. The van der Waals surface area contributed by atoms with Crippen LogP contribution < -0.4 is 15.2 Å². The largest absolute Gasteiger partial charge is 0.480 e. The van der Waals surface area contributed by atoms with E-state index in [1.165, 1.54) is 0 Å². The Balaban J connectivity index is 3.93. The van der Waals surface area contributed by atoms with Crippen LogP contribution in [0.25, 0.3) is 0 Å². The van der Waals surface area contributed by atoms with Crippen molar-refractivity contribution in [3.8, 4) is 0 Å². The molecule has 0 saturated carbocycles. The van der Waals surface area contributed by atoms with Gasteiger partial charge in [0.05, 0.1) is 0 Å². The second kappa shape index (κ2) is 5.91. The summed E-state index contributed by atoms with van der Waals surface area (Å²) in [5.74, 6) is -1.25. The lowest BCUT2D eigenvalue weighted by atomic mass is 10.3. The molecule has 0 aromatic rings. The van der Waals surface area contributed by atoms with Gasteiger partial charge in [-0.3, -0.25) is 4.79 Å². The van der Waals surface area contributed by atoms with Gasteiger partial charge in [-0.05, 0) is 6.42 Å². The zero-order chi connectivity index (χ0) is 11.2. The van der Waals surface area contributed by atoms with Gasteiger partial charge in [-0.2, -0.15) is 8.42 Å². The summed E-state index contributed by atoms with van der Waals surface area (Å²) in [5.41, 5.74) is 5.10. The zero-order valence-corrected chi connectivity index (χ0v) is 8.67. The molecule has 0 aliphatic carbocycles. The van der Waals surface area contributed by atoms with E-state index in [1.54, 1.807) is 0 Å². The highest BCUT2D eigenvalue weighted by molar-refractivity contribution is 7.87. The maximum Gasteiger partial charge on any atom is 0.321 e. The van der Waals surface area contributed by atoms with Crippen molar-refractivity contribution in [2.24, 2.45) is 5.73 Å². The Bertz CT molecular complexity index is 277. The molecule has 0 aromatic carbocycles. The Kier molecular flexibility index (Phi) is 5.62. The fourth-order valence-electron chi connectivity index (χ4n) is 0.574. The molecule has 0 saturated heterocycles. The number of nitrogens with one attached hydrogen (secondary N) is 2. The lowest BCUT2D eigenvalue weighted by Crippen LogP contribution is -2.46. The second-order valence-corrected chi connectivity index (χ2v) is 4.28. The molecular formula is C6H15N3O4S. The molecule has 0 fully saturated rings. The van der Waals surface area contributed by atoms with Crippen molar-refractivity contribution < 1.29 is 18.3 Å². The Hall–Kier alpha value is -0.700. The van der Waals surface area contributed by atoms with Gasteiger partial charge in [0.1, 0.15) is 6.04 Å². The molecule has 84 valence electrons. The fraction of sp³-hybridized carbons (Fsp3) is 0.833. The Morgan fingerprint density at radius 2 is 2.07 bits per heavy atom. The molecule has 0 aliphatic rings. The molecule has 8 heteroatoms. The van der Waals surface area contributed by atoms with Crippen LogP contribution in [0.2, 0.25) is 0 Å². The van der Waals surface area contributed by atoms with E-state index in [9.17, 15) is 13.2 Å². The molecule has 1 atom stereocenters. The van der Waals surface area contributed by atoms with Crippen molar-refractivity contribution in [2.75, 3.05) is 13.1 Å². The highest BCUT2D eigenvalue weighted by Gasteiger charge is 2.15. The average Bonchev–Trinajstić information content (AvgIpc) is 2.11. The van der Waals surface area contributed by atoms with E-state index in [-0.39, 0.29) is 6.54 Å². The number of nitrogens with two attached hydrogens (primary N) is 1. The topological polar surface area (TPSA) is 122 Å². The first kappa shape index (κ1) is 13.3. The van der Waals surface area contributed by atoms with Gasteiger partial charge in [-0.15, -0.1) is 0 Å². The summed E-state index contributed by atoms with van der Waals surface area (Å²) in [5, 5.41) is 8.37. The number of carboxylic acid groups (broad SMARTS) is 1. The summed E-state index contributed by atoms with van der Waals surface area (Å²) in [6, 6.07) is -1.23. The van der Waals surface area contributed by atoms with Crippen molar-refractivity contribution in [3.63, 3.8) is 0 Å². The van der Waals surface area contributed by atoms with Crippen LogP contribution in [0, 0.1) is 0 Å². The summed E-state index contributed by atoms with van der Waals surface area (Å²) < 4.78 is 26.3. The van der Waals surface area contributed by atoms with Crippen molar-refractivity contribution in [3.05, 3.63) is 0 Å². The molecule has 0 bridgehead atoms. The molecule has 0 amide bonds. The van der Waals surface area contributed by atoms with Gasteiger partial charge in [0.25, 0.3) is 10.2 Å². The van der Waals surface area contributed by atoms with E-state index in [1.807, 2.05) is 11.6 Å². The normalized spacial score (nSPS) is 13.9. The molecule has 7 nitrogen and oxygen atoms in total. The SMILES string of the molecule is CCCNS(=O)(=O)NC[C@H](N)C(=O)O. The molecule has 0 aromatic heterocycles. The summed E-state index contributed by atoms with van der Waals surface area (Å²) in [7, 11) is -3.62. The number of rotatable bonds is 7. The van der Waals surface area contributed by atoms with Gasteiger partial charge in [0.2, 0.25) is 0 Å². The standard InChI is InChI=1S/C6H15N3O4S/c1-2-3-8-14(12,13)9-4-5(7)6(10)11/h5,8-9H,2-4,7H2,1H3,(H,10,11)/t5-/m0/s1. The van der Waals surface area contributed by atoms with Crippen LogP contribution >= 0.6 is 0 Å². The van der Waals surface area contributed by atoms with E-state index in [0.29, 0.717) is 13.0 Å². The molecule has 14 heavy (non-hydrogen) atoms. The average molecular weight is 225 g/mol. The highest BCUT2D eigenvalue weighted by atomic mass is 32.2. The number of aliphatic carboxylic acids is 1.